The van der Waals surface area contributed by atoms with Crippen LogP contribution >= 0.6 is 27.5 Å². The van der Waals surface area contributed by atoms with E-state index >= 15 is 0 Å². The quantitative estimate of drug-likeness (QED) is 0.782. The van der Waals surface area contributed by atoms with Gasteiger partial charge < -0.3 is 4.74 Å². The Hall–Kier alpha value is -0.220. The molecule has 0 fully saturated rings. The maximum atomic E-state index is 5.96. The van der Waals surface area contributed by atoms with Gasteiger partial charge in [-0.2, -0.15) is 0 Å². The van der Waals surface area contributed by atoms with Crippen LogP contribution in [0.25, 0.3) is 0 Å². The summed E-state index contributed by atoms with van der Waals surface area (Å²) in [6, 6.07) is 0. The molecule has 1 aromatic rings. The third-order valence-corrected chi connectivity index (χ3v) is 2.88. The van der Waals surface area contributed by atoms with Crippen LogP contribution in [0.2, 0.25) is 5.02 Å². The summed E-state index contributed by atoms with van der Waals surface area (Å²) in [5.74, 6) is 0.448. The Balaban J connectivity index is 3.25. The molecule has 0 saturated heterocycles. The van der Waals surface area contributed by atoms with E-state index in [0.717, 1.165) is 4.60 Å². The van der Waals surface area contributed by atoms with Crippen LogP contribution < -0.4 is 4.74 Å². The second kappa shape index (κ2) is 3.50. The lowest BCUT2D eigenvalue weighted by Crippen LogP contribution is -2.23. The van der Waals surface area contributed by atoms with Crippen molar-refractivity contribution in [2.24, 2.45) is 0 Å². The van der Waals surface area contributed by atoms with Gasteiger partial charge >= 0.3 is 0 Å². The molecule has 3 nitrogen and oxygen atoms in total. The van der Waals surface area contributed by atoms with E-state index < -0.39 is 0 Å². The molecule has 1 heterocycles. The van der Waals surface area contributed by atoms with E-state index in [1.165, 1.54) is 0 Å². The van der Waals surface area contributed by atoms with Gasteiger partial charge in [0.05, 0.1) is 12.6 Å². The number of ether oxygens (including phenoxy) is 1. The first-order valence-electron chi connectivity index (χ1n) is 3.86. The summed E-state index contributed by atoms with van der Waals surface area (Å²) >= 11 is 9.33. The fourth-order valence-electron chi connectivity index (χ4n) is 0.935. The van der Waals surface area contributed by atoms with Gasteiger partial charge in [0.15, 0.2) is 0 Å². The van der Waals surface area contributed by atoms with Crippen molar-refractivity contribution in [1.82, 2.24) is 9.78 Å². The van der Waals surface area contributed by atoms with Crippen LogP contribution in [0.5, 0.6) is 5.88 Å². The van der Waals surface area contributed by atoms with E-state index in [9.17, 15) is 0 Å². The second-order valence-electron chi connectivity index (χ2n) is 3.70. The molecule has 0 aromatic carbocycles. The average molecular weight is 268 g/mol. The van der Waals surface area contributed by atoms with Crippen LogP contribution in [-0.2, 0) is 5.54 Å². The van der Waals surface area contributed by atoms with Crippen molar-refractivity contribution in [3.8, 4) is 5.88 Å². The molecule has 13 heavy (non-hydrogen) atoms. The molecule has 0 atom stereocenters. The average Bonchev–Trinajstić information content (AvgIpc) is 2.28. The first-order valence-corrected chi connectivity index (χ1v) is 5.03. The number of hydrogen-bond acceptors (Lipinski definition) is 2. The first-order chi connectivity index (χ1) is 5.88. The largest absolute Gasteiger partial charge is 0.479 e. The number of aromatic nitrogens is 2. The lowest BCUT2D eigenvalue weighted by molar-refractivity contribution is 0.325. The zero-order chi connectivity index (χ0) is 10.2. The number of hydrogen-bond donors (Lipinski definition) is 0. The zero-order valence-electron chi connectivity index (χ0n) is 8.06. The maximum Gasteiger partial charge on any atom is 0.252 e. The van der Waals surface area contributed by atoms with Gasteiger partial charge in [0, 0.05) is 0 Å². The van der Waals surface area contributed by atoms with Crippen LogP contribution in [0, 0.1) is 0 Å². The highest BCUT2D eigenvalue weighted by molar-refractivity contribution is 9.10. The maximum absolute atomic E-state index is 5.96. The molecule has 0 bridgehead atoms. The molecule has 0 amide bonds. The predicted molar refractivity (Wildman–Crippen MR) is 56.5 cm³/mol. The number of halogens is 2. The van der Waals surface area contributed by atoms with Crippen LogP contribution in [0.4, 0.5) is 0 Å². The van der Waals surface area contributed by atoms with E-state index in [0.29, 0.717) is 10.9 Å². The lowest BCUT2D eigenvalue weighted by atomic mass is 10.1. The van der Waals surface area contributed by atoms with Gasteiger partial charge in [-0.05, 0) is 36.7 Å². The van der Waals surface area contributed by atoms with Crippen molar-refractivity contribution < 1.29 is 4.74 Å². The topological polar surface area (TPSA) is 27.1 Å². The Morgan fingerprint density at radius 2 is 2.00 bits per heavy atom. The summed E-state index contributed by atoms with van der Waals surface area (Å²) in [4.78, 5) is 0. The first kappa shape index (κ1) is 10.9. The molecule has 0 N–H and O–H groups in total. The highest BCUT2D eigenvalue weighted by Crippen LogP contribution is 2.34. The van der Waals surface area contributed by atoms with Gasteiger partial charge in [0.1, 0.15) is 9.63 Å². The van der Waals surface area contributed by atoms with Crippen molar-refractivity contribution in [2.45, 2.75) is 26.3 Å². The molecule has 0 aliphatic carbocycles. The highest BCUT2D eigenvalue weighted by Gasteiger charge is 2.22. The van der Waals surface area contributed by atoms with Crippen molar-refractivity contribution >= 4 is 27.5 Å². The van der Waals surface area contributed by atoms with Crippen LogP contribution in [0.15, 0.2) is 4.60 Å². The van der Waals surface area contributed by atoms with Crippen molar-refractivity contribution in [2.75, 3.05) is 7.11 Å². The number of methoxy groups -OCH3 is 1. The SMILES string of the molecule is COc1nn(C(C)(C)C)c(Br)c1Cl. The second-order valence-corrected chi connectivity index (χ2v) is 4.83. The van der Waals surface area contributed by atoms with Gasteiger partial charge in [-0.1, -0.05) is 11.6 Å². The molecule has 1 rings (SSSR count). The minimum absolute atomic E-state index is 0.112. The van der Waals surface area contributed by atoms with E-state index in [1.54, 1.807) is 11.8 Å². The minimum Gasteiger partial charge on any atom is -0.479 e. The summed E-state index contributed by atoms with van der Waals surface area (Å²) in [7, 11) is 1.55. The summed E-state index contributed by atoms with van der Waals surface area (Å²) in [5.41, 5.74) is -0.112. The molecule has 74 valence electrons. The van der Waals surface area contributed by atoms with E-state index in [2.05, 4.69) is 21.0 Å². The van der Waals surface area contributed by atoms with Crippen molar-refractivity contribution in [1.29, 1.82) is 0 Å². The van der Waals surface area contributed by atoms with Gasteiger partial charge in [0.25, 0.3) is 5.88 Å². The summed E-state index contributed by atoms with van der Waals surface area (Å²) in [6.07, 6.45) is 0. The summed E-state index contributed by atoms with van der Waals surface area (Å²) < 4.78 is 7.54. The Morgan fingerprint density at radius 1 is 1.46 bits per heavy atom. The smallest absolute Gasteiger partial charge is 0.252 e. The normalized spacial score (nSPS) is 11.8. The van der Waals surface area contributed by atoms with Gasteiger partial charge in [-0.25, -0.2) is 4.68 Å². The molecule has 0 unspecified atom stereocenters. The molecule has 0 aliphatic rings. The molecule has 5 heteroatoms. The third-order valence-electron chi connectivity index (χ3n) is 1.57. The standard InChI is InChI=1S/C8H12BrClN2O/c1-8(2,3)12-6(9)5(10)7(11-12)13-4/h1-4H3. The Morgan fingerprint density at radius 3 is 2.23 bits per heavy atom. The minimum atomic E-state index is -0.112. The van der Waals surface area contributed by atoms with Crippen molar-refractivity contribution in [3.05, 3.63) is 9.63 Å². The summed E-state index contributed by atoms with van der Waals surface area (Å²) in [6.45, 7) is 6.13. The van der Waals surface area contributed by atoms with Gasteiger partial charge in [0.2, 0.25) is 0 Å². The molecule has 0 radical (unpaired) electrons. The fourth-order valence-corrected chi connectivity index (χ4v) is 1.91. The van der Waals surface area contributed by atoms with Crippen LogP contribution in [-0.4, -0.2) is 16.9 Å². The lowest BCUT2D eigenvalue weighted by Gasteiger charge is -2.19. The number of rotatable bonds is 1. The molecule has 0 saturated carbocycles. The van der Waals surface area contributed by atoms with E-state index in [4.69, 9.17) is 16.3 Å². The Bertz CT molecular complexity index is 317. The zero-order valence-corrected chi connectivity index (χ0v) is 10.4. The Kier molecular flexibility index (Phi) is 2.92. The molecular weight excluding hydrogens is 255 g/mol. The molecule has 0 spiro atoms. The number of nitrogens with zero attached hydrogens (tertiary/aromatic N) is 2. The van der Waals surface area contributed by atoms with Gasteiger partial charge in [-0.3, -0.25) is 0 Å². The molecule has 0 aliphatic heterocycles. The van der Waals surface area contributed by atoms with Crippen LogP contribution in [0.3, 0.4) is 0 Å². The van der Waals surface area contributed by atoms with Crippen LogP contribution in [0.1, 0.15) is 20.8 Å². The predicted octanol–water partition coefficient (Wildman–Crippen LogP) is 3.06. The highest BCUT2D eigenvalue weighted by atomic mass is 79.9. The fraction of sp³-hybridized carbons (Fsp3) is 0.625. The van der Waals surface area contributed by atoms with Crippen molar-refractivity contribution in [3.63, 3.8) is 0 Å². The monoisotopic (exact) mass is 266 g/mol. The summed E-state index contributed by atoms with van der Waals surface area (Å²) in [5, 5.41) is 4.73. The van der Waals surface area contributed by atoms with E-state index in [1.807, 2.05) is 20.8 Å². The Labute approximate surface area is 91.1 Å². The molecular formula is C8H12BrClN2O. The van der Waals surface area contributed by atoms with E-state index in [-0.39, 0.29) is 5.54 Å². The van der Waals surface area contributed by atoms with Gasteiger partial charge in [-0.15, -0.1) is 5.10 Å². The third kappa shape index (κ3) is 1.99. The molecule has 1 aromatic heterocycles.